The Kier molecular flexibility index (Phi) is 5.25. The maximum Gasteiger partial charge on any atom is 0.573 e. The summed E-state index contributed by atoms with van der Waals surface area (Å²) in [5.41, 5.74) is 0.552. The number of nitrogens with zero attached hydrogens (tertiary/aromatic N) is 1. The van der Waals surface area contributed by atoms with Crippen LogP contribution in [0.2, 0.25) is 0 Å². The molecule has 1 atom stereocenters. The molecule has 1 aromatic carbocycles. The SMILES string of the molecule is C=CC[C@H](c1ccccc1OC(F)(F)F)N1CCNCC1. The lowest BCUT2D eigenvalue weighted by Crippen LogP contribution is -2.45. The van der Waals surface area contributed by atoms with Gasteiger partial charge in [0.2, 0.25) is 0 Å². The molecule has 1 aromatic rings. The van der Waals surface area contributed by atoms with Gasteiger partial charge in [0, 0.05) is 37.8 Å². The van der Waals surface area contributed by atoms with Crippen LogP contribution in [0.3, 0.4) is 0 Å². The molecule has 3 nitrogen and oxygen atoms in total. The van der Waals surface area contributed by atoms with Gasteiger partial charge in [0.15, 0.2) is 0 Å². The first-order valence-electron chi connectivity index (χ1n) is 6.91. The molecule has 0 spiro atoms. The minimum absolute atomic E-state index is 0.129. The molecule has 0 bridgehead atoms. The van der Waals surface area contributed by atoms with Gasteiger partial charge in [0.1, 0.15) is 5.75 Å². The van der Waals surface area contributed by atoms with Crippen molar-refractivity contribution in [2.45, 2.75) is 18.8 Å². The number of halogens is 3. The fourth-order valence-corrected chi connectivity index (χ4v) is 2.60. The molecule has 1 saturated heterocycles. The van der Waals surface area contributed by atoms with Crippen molar-refractivity contribution >= 4 is 0 Å². The summed E-state index contributed by atoms with van der Waals surface area (Å²) in [6.45, 7) is 6.96. The Hall–Kier alpha value is -1.53. The lowest BCUT2D eigenvalue weighted by atomic mass is 10.00. The number of hydrogen-bond donors (Lipinski definition) is 1. The summed E-state index contributed by atoms with van der Waals surface area (Å²) in [5.74, 6) is -0.129. The number of benzene rings is 1. The van der Waals surface area contributed by atoms with E-state index in [1.165, 1.54) is 6.07 Å². The molecule has 0 amide bonds. The van der Waals surface area contributed by atoms with E-state index in [-0.39, 0.29) is 11.8 Å². The average Bonchev–Trinajstić information content (AvgIpc) is 2.45. The van der Waals surface area contributed by atoms with Crippen molar-refractivity contribution in [3.8, 4) is 5.75 Å². The second-order valence-electron chi connectivity index (χ2n) is 4.91. The Morgan fingerprint density at radius 3 is 2.57 bits per heavy atom. The number of piperazine rings is 1. The first-order chi connectivity index (χ1) is 10.0. The third kappa shape index (κ3) is 4.47. The number of rotatable bonds is 5. The molecule has 116 valence electrons. The minimum atomic E-state index is -4.68. The quantitative estimate of drug-likeness (QED) is 0.846. The largest absolute Gasteiger partial charge is 0.573 e. The average molecular weight is 300 g/mol. The van der Waals surface area contributed by atoms with Crippen molar-refractivity contribution in [2.24, 2.45) is 0 Å². The molecule has 21 heavy (non-hydrogen) atoms. The normalized spacial score (nSPS) is 18.2. The van der Waals surface area contributed by atoms with E-state index in [1.54, 1.807) is 24.3 Å². The van der Waals surface area contributed by atoms with Crippen LogP contribution >= 0.6 is 0 Å². The molecule has 6 heteroatoms. The van der Waals surface area contributed by atoms with E-state index >= 15 is 0 Å². The molecule has 1 aliphatic heterocycles. The van der Waals surface area contributed by atoms with Crippen molar-refractivity contribution in [1.29, 1.82) is 0 Å². The van der Waals surface area contributed by atoms with Crippen LogP contribution < -0.4 is 10.1 Å². The van der Waals surface area contributed by atoms with Crippen LogP contribution in [0, 0.1) is 0 Å². The number of hydrogen-bond acceptors (Lipinski definition) is 3. The highest BCUT2D eigenvalue weighted by atomic mass is 19.4. The molecule has 0 saturated carbocycles. The van der Waals surface area contributed by atoms with E-state index in [0.717, 1.165) is 26.2 Å². The Bertz CT molecular complexity index is 470. The van der Waals surface area contributed by atoms with Gasteiger partial charge >= 0.3 is 6.36 Å². The van der Waals surface area contributed by atoms with Gasteiger partial charge < -0.3 is 10.1 Å². The molecule has 1 N–H and O–H groups in total. The molecule has 0 aliphatic carbocycles. The zero-order valence-electron chi connectivity index (χ0n) is 11.7. The number of ether oxygens (including phenoxy) is 1. The third-order valence-corrected chi connectivity index (χ3v) is 3.49. The molecule has 1 aliphatic rings. The Morgan fingerprint density at radius 1 is 1.29 bits per heavy atom. The molecule has 0 unspecified atom stereocenters. The zero-order chi connectivity index (χ0) is 15.3. The fourth-order valence-electron chi connectivity index (χ4n) is 2.60. The van der Waals surface area contributed by atoms with Crippen LogP contribution in [0.25, 0.3) is 0 Å². The summed E-state index contributed by atoms with van der Waals surface area (Å²) >= 11 is 0. The van der Waals surface area contributed by atoms with Crippen LogP contribution in [-0.2, 0) is 0 Å². The van der Waals surface area contributed by atoms with Crippen LogP contribution in [0.4, 0.5) is 13.2 Å². The first kappa shape index (κ1) is 15.9. The van der Waals surface area contributed by atoms with E-state index < -0.39 is 6.36 Å². The molecule has 2 rings (SSSR count). The van der Waals surface area contributed by atoms with Crippen molar-refractivity contribution in [2.75, 3.05) is 26.2 Å². The summed E-state index contributed by atoms with van der Waals surface area (Å²) in [6, 6.07) is 6.19. The number of alkyl halides is 3. The van der Waals surface area contributed by atoms with Crippen molar-refractivity contribution in [3.63, 3.8) is 0 Å². The highest BCUT2D eigenvalue weighted by Gasteiger charge is 2.33. The van der Waals surface area contributed by atoms with Gasteiger partial charge in [-0.3, -0.25) is 4.90 Å². The highest BCUT2D eigenvalue weighted by Crippen LogP contribution is 2.35. The predicted molar refractivity (Wildman–Crippen MR) is 75.1 cm³/mol. The Labute approximate surface area is 122 Å². The second kappa shape index (κ2) is 6.95. The van der Waals surface area contributed by atoms with Crippen LogP contribution in [-0.4, -0.2) is 37.4 Å². The fraction of sp³-hybridized carbons (Fsp3) is 0.467. The van der Waals surface area contributed by atoms with Crippen molar-refractivity contribution in [3.05, 3.63) is 42.5 Å². The van der Waals surface area contributed by atoms with Crippen LogP contribution in [0.15, 0.2) is 36.9 Å². The summed E-state index contributed by atoms with van der Waals surface area (Å²) in [7, 11) is 0. The van der Waals surface area contributed by atoms with Gasteiger partial charge in [-0.2, -0.15) is 0 Å². The summed E-state index contributed by atoms with van der Waals surface area (Å²) < 4.78 is 41.8. The monoisotopic (exact) mass is 300 g/mol. The smallest absolute Gasteiger partial charge is 0.405 e. The van der Waals surface area contributed by atoms with Gasteiger partial charge in [-0.15, -0.1) is 19.8 Å². The summed E-state index contributed by atoms with van der Waals surface area (Å²) in [5, 5.41) is 3.24. The molecular formula is C15H19F3N2O. The summed E-state index contributed by atoms with van der Waals surface area (Å²) in [6.07, 6.45) is -2.37. The zero-order valence-corrected chi connectivity index (χ0v) is 11.7. The molecular weight excluding hydrogens is 281 g/mol. The van der Waals surface area contributed by atoms with Crippen LogP contribution in [0.5, 0.6) is 5.75 Å². The standard InChI is InChI=1S/C15H19F3N2O/c1-2-5-13(20-10-8-19-9-11-20)12-6-3-4-7-14(12)21-15(16,17)18/h2-4,6-7,13,19H,1,5,8-11H2/t13-/m1/s1. The lowest BCUT2D eigenvalue weighted by Gasteiger charge is -2.35. The van der Waals surface area contributed by atoms with Crippen molar-refractivity contribution in [1.82, 2.24) is 10.2 Å². The van der Waals surface area contributed by atoms with E-state index in [0.29, 0.717) is 12.0 Å². The van der Waals surface area contributed by atoms with E-state index in [9.17, 15) is 13.2 Å². The Balaban J connectivity index is 2.28. The topological polar surface area (TPSA) is 24.5 Å². The van der Waals surface area contributed by atoms with Gasteiger partial charge in [0.05, 0.1) is 0 Å². The Morgan fingerprint density at radius 2 is 1.95 bits per heavy atom. The maximum absolute atomic E-state index is 12.5. The minimum Gasteiger partial charge on any atom is -0.405 e. The van der Waals surface area contributed by atoms with E-state index in [4.69, 9.17) is 0 Å². The van der Waals surface area contributed by atoms with Gasteiger partial charge in [-0.25, -0.2) is 0 Å². The molecule has 0 radical (unpaired) electrons. The highest BCUT2D eigenvalue weighted by molar-refractivity contribution is 5.36. The van der Waals surface area contributed by atoms with Crippen LogP contribution in [0.1, 0.15) is 18.0 Å². The third-order valence-electron chi connectivity index (χ3n) is 3.49. The number of nitrogens with one attached hydrogen (secondary N) is 1. The van der Waals surface area contributed by atoms with Gasteiger partial charge in [-0.1, -0.05) is 24.3 Å². The van der Waals surface area contributed by atoms with Gasteiger partial charge in [-0.05, 0) is 12.5 Å². The van der Waals surface area contributed by atoms with E-state index in [1.807, 2.05) is 0 Å². The predicted octanol–water partition coefficient (Wildman–Crippen LogP) is 3.11. The summed E-state index contributed by atoms with van der Waals surface area (Å²) in [4.78, 5) is 2.16. The van der Waals surface area contributed by atoms with Gasteiger partial charge in [0.25, 0.3) is 0 Å². The first-order valence-corrected chi connectivity index (χ1v) is 6.91. The molecule has 1 heterocycles. The number of para-hydroxylation sites is 1. The maximum atomic E-state index is 12.5. The van der Waals surface area contributed by atoms with Crippen molar-refractivity contribution < 1.29 is 17.9 Å². The lowest BCUT2D eigenvalue weighted by molar-refractivity contribution is -0.275. The molecule has 0 aromatic heterocycles. The molecule has 1 fully saturated rings. The van der Waals surface area contributed by atoms with E-state index in [2.05, 4.69) is 21.5 Å². The second-order valence-corrected chi connectivity index (χ2v) is 4.91.